The Kier molecular flexibility index (Phi) is 5.28. The highest BCUT2D eigenvalue weighted by molar-refractivity contribution is 6.01. The topological polar surface area (TPSA) is 35.5 Å². The largest absolute Gasteiger partial charge is 0.497 e. The minimum atomic E-state index is -0.712. The van der Waals surface area contributed by atoms with E-state index in [1.165, 1.54) is 12.2 Å². The van der Waals surface area contributed by atoms with Crippen LogP contribution in [0.15, 0.2) is 54.0 Å². The van der Waals surface area contributed by atoms with E-state index in [2.05, 4.69) is 5.92 Å². The first-order valence-electron chi connectivity index (χ1n) is 7.82. The summed E-state index contributed by atoms with van der Waals surface area (Å²) in [5.41, 5.74) is 0.277. The second kappa shape index (κ2) is 7.19. The van der Waals surface area contributed by atoms with Gasteiger partial charge in [-0.25, -0.2) is 0 Å². The van der Waals surface area contributed by atoms with Crippen molar-refractivity contribution in [2.75, 3.05) is 13.2 Å². The molecule has 0 aliphatic heterocycles. The molecule has 1 aromatic carbocycles. The maximum atomic E-state index is 12.0. The third-order valence-electron chi connectivity index (χ3n) is 4.05. The van der Waals surface area contributed by atoms with Gasteiger partial charge in [-0.15, -0.1) is 6.42 Å². The zero-order chi connectivity index (χ0) is 16.9. The minimum Gasteiger partial charge on any atom is -0.497 e. The van der Waals surface area contributed by atoms with Crippen LogP contribution in [0.4, 0.5) is 0 Å². The van der Waals surface area contributed by atoms with E-state index in [-0.39, 0.29) is 11.7 Å². The molecule has 0 N–H and O–H groups in total. The SMILES string of the molecule is C#C[C@@H](c1ccccc1)C1(C)C(OCC)=CC(=O)C=C1OCC. The molecule has 1 atom stereocenters. The van der Waals surface area contributed by atoms with Gasteiger partial charge in [0.2, 0.25) is 0 Å². The fourth-order valence-electron chi connectivity index (χ4n) is 2.94. The van der Waals surface area contributed by atoms with Gasteiger partial charge in [0.25, 0.3) is 0 Å². The van der Waals surface area contributed by atoms with Gasteiger partial charge >= 0.3 is 0 Å². The average Bonchev–Trinajstić information content (AvgIpc) is 2.54. The summed E-state index contributed by atoms with van der Waals surface area (Å²) in [6.45, 7) is 6.66. The van der Waals surface area contributed by atoms with Crippen LogP contribution in [-0.4, -0.2) is 19.0 Å². The summed E-state index contributed by atoms with van der Waals surface area (Å²) in [4.78, 5) is 12.0. The van der Waals surface area contributed by atoms with Crippen molar-refractivity contribution in [2.24, 2.45) is 5.41 Å². The summed E-state index contributed by atoms with van der Waals surface area (Å²) >= 11 is 0. The van der Waals surface area contributed by atoms with Crippen molar-refractivity contribution in [1.29, 1.82) is 0 Å². The molecule has 1 aromatic rings. The van der Waals surface area contributed by atoms with Crippen LogP contribution in [0.2, 0.25) is 0 Å². The van der Waals surface area contributed by atoms with E-state index in [0.29, 0.717) is 24.7 Å². The maximum Gasteiger partial charge on any atom is 0.185 e. The Labute approximate surface area is 138 Å². The molecule has 23 heavy (non-hydrogen) atoms. The van der Waals surface area contributed by atoms with Crippen molar-refractivity contribution >= 4 is 5.78 Å². The van der Waals surface area contributed by atoms with Crippen LogP contribution in [-0.2, 0) is 14.3 Å². The van der Waals surface area contributed by atoms with Crippen molar-refractivity contribution in [3.63, 3.8) is 0 Å². The summed E-state index contributed by atoms with van der Waals surface area (Å²) in [6, 6.07) is 9.82. The summed E-state index contributed by atoms with van der Waals surface area (Å²) in [5.74, 6) is 3.54. The number of ether oxygens (including phenoxy) is 2. The lowest BCUT2D eigenvalue weighted by atomic mass is 9.68. The van der Waals surface area contributed by atoms with Gasteiger partial charge < -0.3 is 9.47 Å². The van der Waals surface area contributed by atoms with Crippen molar-refractivity contribution in [1.82, 2.24) is 0 Å². The lowest BCUT2D eigenvalue weighted by Crippen LogP contribution is -2.35. The molecule has 0 saturated heterocycles. The Morgan fingerprint density at radius 1 is 1.09 bits per heavy atom. The third-order valence-corrected chi connectivity index (χ3v) is 4.05. The maximum absolute atomic E-state index is 12.0. The normalized spacial score (nSPS) is 17.6. The average molecular weight is 310 g/mol. The first kappa shape index (κ1) is 16.9. The van der Waals surface area contributed by atoms with Crippen LogP contribution in [0.25, 0.3) is 0 Å². The van der Waals surface area contributed by atoms with Crippen LogP contribution >= 0.6 is 0 Å². The van der Waals surface area contributed by atoms with Crippen LogP contribution in [0.3, 0.4) is 0 Å². The molecule has 1 aliphatic rings. The standard InChI is InChI=1S/C20H22O3/c1-5-17(15-11-9-8-10-12-15)20(4)18(22-6-2)13-16(21)14-19(20)23-7-3/h1,8-14,17H,6-7H2,2-4H3/t17-/m0/s1. The molecule has 3 nitrogen and oxygen atoms in total. The van der Waals surface area contributed by atoms with Gasteiger partial charge in [0.1, 0.15) is 16.9 Å². The monoisotopic (exact) mass is 310 g/mol. The highest BCUT2D eigenvalue weighted by atomic mass is 16.5. The second-order valence-corrected chi connectivity index (χ2v) is 5.50. The minimum absolute atomic E-state index is 0.141. The molecule has 3 heteroatoms. The predicted octanol–water partition coefficient (Wildman–Crippen LogP) is 3.83. The lowest BCUT2D eigenvalue weighted by molar-refractivity contribution is -0.111. The van der Waals surface area contributed by atoms with Crippen molar-refractivity contribution in [3.05, 3.63) is 59.6 Å². The summed E-state index contributed by atoms with van der Waals surface area (Å²) in [7, 11) is 0. The fourth-order valence-corrected chi connectivity index (χ4v) is 2.94. The molecule has 0 spiro atoms. The van der Waals surface area contributed by atoms with Gasteiger partial charge in [0, 0.05) is 12.2 Å². The Morgan fingerprint density at radius 3 is 2.04 bits per heavy atom. The van der Waals surface area contributed by atoms with Crippen LogP contribution in [0, 0.1) is 17.8 Å². The molecule has 0 saturated carbocycles. The van der Waals surface area contributed by atoms with Crippen LogP contribution < -0.4 is 0 Å². The molecule has 0 bridgehead atoms. The Morgan fingerprint density at radius 2 is 1.61 bits per heavy atom. The number of carbonyl (C=O) groups is 1. The van der Waals surface area contributed by atoms with Gasteiger partial charge in [-0.3, -0.25) is 4.79 Å². The predicted molar refractivity (Wildman–Crippen MR) is 90.5 cm³/mol. The number of benzene rings is 1. The molecule has 0 radical (unpaired) electrons. The van der Waals surface area contributed by atoms with Crippen LogP contribution in [0.5, 0.6) is 0 Å². The Balaban J connectivity index is 2.58. The highest BCUT2D eigenvalue weighted by Crippen LogP contribution is 2.49. The number of terminal acetylenes is 1. The number of allylic oxidation sites excluding steroid dienone is 2. The van der Waals surface area contributed by atoms with Gasteiger partial charge in [0.15, 0.2) is 5.78 Å². The number of hydrogen-bond donors (Lipinski definition) is 0. The van der Waals surface area contributed by atoms with Gasteiger partial charge in [-0.05, 0) is 26.3 Å². The number of carbonyl (C=O) groups excluding carboxylic acids is 1. The molecule has 0 amide bonds. The van der Waals surface area contributed by atoms with E-state index < -0.39 is 5.41 Å². The number of rotatable bonds is 6. The summed E-state index contributed by atoms with van der Waals surface area (Å²) in [5, 5.41) is 0. The zero-order valence-electron chi connectivity index (χ0n) is 13.8. The molecule has 0 fully saturated rings. The molecule has 0 aromatic heterocycles. The van der Waals surface area contributed by atoms with Gasteiger partial charge in [0.05, 0.1) is 19.1 Å². The molecule has 2 rings (SSSR count). The van der Waals surface area contributed by atoms with E-state index >= 15 is 0 Å². The summed E-state index contributed by atoms with van der Waals surface area (Å²) in [6.07, 6.45) is 8.90. The molecular formula is C20H22O3. The molecular weight excluding hydrogens is 288 g/mol. The fraction of sp³-hybridized carbons (Fsp3) is 0.350. The van der Waals surface area contributed by atoms with E-state index in [1.807, 2.05) is 51.1 Å². The lowest BCUT2D eigenvalue weighted by Gasteiger charge is -2.39. The highest BCUT2D eigenvalue weighted by Gasteiger charge is 2.46. The molecule has 0 unspecified atom stereocenters. The number of hydrogen-bond acceptors (Lipinski definition) is 3. The van der Waals surface area contributed by atoms with Crippen molar-refractivity contribution in [3.8, 4) is 12.3 Å². The van der Waals surface area contributed by atoms with Crippen molar-refractivity contribution in [2.45, 2.75) is 26.7 Å². The van der Waals surface area contributed by atoms with Crippen molar-refractivity contribution < 1.29 is 14.3 Å². The first-order chi connectivity index (χ1) is 11.1. The van der Waals surface area contributed by atoms with E-state index in [1.54, 1.807) is 0 Å². The summed E-state index contributed by atoms with van der Waals surface area (Å²) < 4.78 is 11.5. The quantitative estimate of drug-likeness (QED) is 0.749. The molecule has 120 valence electrons. The van der Waals surface area contributed by atoms with E-state index in [4.69, 9.17) is 15.9 Å². The Hall–Kier alpha value is -2.47. The van der Waals surface area contributed by atoms with Gasteiger partial charge in [-0.1, -0.05) is 36.3 Å². The second-order valence-electron chi connectivity index (χ2n) is 5.50. The molecule has 0 heterocycles. The zero-order valence-corrected chi connectivity index (χ0v) is 13.8. The molecule has 1 aliphatic carbocycles. The third kappa shape index (κ3) is 3.17. The Bertz CT molecular complexity index is 636. The number of ketones is 1. The van der Waals surface area contributed by atoms with E-state index in [9.17, 15) is 4.79 Å². The van der Waals surface area contributed by atoms with Gasteiger partial charge in [-0.2, -0.15) is 0 Å². The van der Waals surface area contributed by atoms with E-state index in [0.717, 1.165) is 5.56 Å². The van der Waals surface area contributed by atoms with Crippen LogP contribution in [0.1, 0.15) is 32.3 Å². The first-order valence-corrected chi connectivity index (χ1v) is 7.82. The smallest absolute Gasteiger partial charge is 0.185 e.